The molecule has 0 aliphatic carbocycles. The number of halogens is 1. The van der Waals surface area contributed by atoms with Gasteiger partial charge in [0, 0.05) is 6.04 Å². The highest BCUT2D eigenvalue weighted by Gasteiger charge is 2.49. The van der Waals surface area contributed by atoms with Gasteiger partial charge in [0.2, 0.25) is 0 Å². The van der Waals surface area contributed by atoms with Crippen LogP contribution in [-0.4, -0.2) is 39.9 Å². The number of hydrogen-bond donors (Lipinski definition) is 0. The van der Waals surface area contributed by atoms with Crippen LogP contribution in [0.1, 0.15) is 122 Å². The van der Waals surface area contributed by atoms with Crippen molar-refractivity contribution in [3.05, 3.63) is 0 Å². The molecular formula is C30H69FO3Si4. The molecule has 0 bridgehead atoms. The van der Waals surface area contributed by atoms with Crippen molar-refractivity contribution >= 4 is 33.8 Å². The molecule has 230 valence electrons. The molecule has 0 aromatic heterocycles. The lowest BCUT2D eigenvalue weighted by Crippen LogP contribution is -2.60. The Bertz CT molecular complexity index is 518. The molecule has 0 rings (SSSR count). The summed E-state index contributed by atoms with van der Waals surface area (Å²) in [5.74, 6) is 0. The van der Waals surface area contributed by atoms with Gasteiger partial charge in [0.1, 0.15) is 6.17 Å². The molecule has 0 radical (unpaired) electrons. The van der Waals surface area contributed by atoms with Gasteiger partial charge in [0.15, 0.2) is 25.0 Å². The Hall–Kier alpha value is 0.678. The summed E-state index contributed by atoms with van der Waals surface area (Å²) in [5, 5.41) is 0. The lowest BCUT2D eigenvalue weighted by atomic mass is 10.0. The average molecular weight is 609 g/mol. The van der Waals surface area contributed by atoms with E-state index in [1.807, 2.05) is 0 Å². The monoisotopic (exact) mass is 608 g/mol. The maximum Gasteiger partial charge on any atom is 0.469 e. The number of hydrogen-bond acceptors (Lipinski definition) is 3. The Morgan fingerprint density at radius 3 is 1.05 bits per heavy atom. The summed E-state index contributed by atoms with van der Waals surface area (Å²) in [5.41, 5.74) is 0. The van der Waals surface area contributed by atoms with Crippen LogP contribution < -0.4 is 0 Å². The first-order valence-corrected chi connectivity index (χ1v) is 28.5. The predicted octanol–water partition coefficient (Wildman–Crippen LogP) is 11.9. The quantitative estimate of drug-likeness (QED) is 0.0722. The fraction of sp³-hybridized carbons (Fsp3) is 1.00. The van der Waals surface area contributed by atoms with E-state index in [-0.39, 0.29) is 0 Å². The highest BCUT2D eigenvalue weighted by atomic mass is 28.5. The van der Waals surface area contributed by atoms with E-state index in [0.717, 1.165) is 51.0 Å². The number of rotatable bonds is 26. The molecule has 0 fully saturated rings. The van der Waals surface area contributed by atoms with Crippen LogP contribution in [-0.2, 0) is 12.3 Å². The molecule has 0 N–H and O–H groups in total. The average Bonchev–Trinajstić information content (AvgIpc) is 2.73. The number of alkyl halides is 1. The first kappa shape index (κ1) is 38.7. The molecule has 8 heteroatoms. The van der Waals surface area contributed by atoms with E-state index in [1.165, 1.54) is 70.6 Å². The summed E-state index contributed by atoms with van der Waals surface area (Å²) in [6, 6.07) is 0.927. The van der Waals surface area contributed by atoms with Gasteiger partial charge in [-0.05, 0) is 78.2 Å². The molecular weight excluding hydrogens is 540 g/mol. The summed E-state index contributed by atoms with van der Waals surface area (Å²) in [7, 11) is -8.10. The third-order valence-corrected chi connectivity index (χ3v) is 18.6. The normalized spacial score (nSPS) is 14.3. The van der Waals surface area contributed by atoms with Crippen LogP contribution in [0.4, 0.5) is 4.39 Å². The minimum atomic E-state index is -2.70. The molecule has 0 saturated carbocycles. The Kier molecular flexibility index (Phi) is 20.9. The van der Waals surface area contributed by atoms with Crippen LogP contribution in [0.25, 0.3) is 0 Å². The molecule has 1 atom stereocenters. The summed E-state index contributed by atoms with van der Waals surface area (Å²) < 4.78 is 34.7. The highest BCUT2D eigenvalue weighted by Crippen LogP contribution is 2.31. The zero-order valence-electron chi connectivity index (χ0n) is 27.6. The molecule has 0 aromatic carbocycles. The third-order valence-electron chi connectivity index (χ3n) is 6.51. The van der Waals surface area contributed by atoms with Gasteiger partial charge in [-0.1, -0.05) is 103 Å². The summed E-state index contributed by atoms with van der Waals surface area (Å²) in [6.45, 7) is 22.5. The predicted molar refractivity (Wildman–Crippen MR) is 178 cm³/mol. The van der Waals surface area contributed by atoms with Crippen molar-refractivity contribution in [2.75, 3.05) is 0 Å². The molecule has 0 spiro atoms. The van der Waals surface area contributed by atoms with Gasteiger partial charge in [-0.3, -0.25) is 0 Å². The molecule has 0 amide bonds. The van der Waals surface area contributed by atoms with Gasteiger partial charge in [0.05, 0.1) is 0 Å². The van der Waals surface area contributed by atoms with E-state index < -0.39 is 39.9 Å². The molecule has 0 saturated heterocycles. The van der Waals surface area contributed by atoms with Crippen LogP contribution in [0.3, 0.4) is 0 Å². The van der Waals surface area contributed by atoms with Gasteiger partial charge < -0.3 is 12.3 Å². The first-order valence-electron chi connectivity index (χ1n) is 16.3. The van der Waals surface area contributed by atoms with Crippen molar-refractivity contribution in [1.29, 1.82) is 0 Å². The molecule has 0 heterocycles. The van der Waals surface area contributed by atoms with Crippen molar-refractivity contribution in [3.8, 4) is 0 Å². The molecule has 1 unspecified atom stereocenters. The maximum atomic E-state index is 14.4. The maximum absolute atomic E-state index is 14.4. The van der Waals surface area contributed by atoms with Gasteiger partial charge >= 0.3 is 8.80 Å². The van der Waals surface area contributed by atoms with Crippen molar-refractivity contribution in [2.45, 2.75) is 194 Å². The molecule has 38 heavy (non-hydrogen) atoms. The minimum absolute atomic E-state index is 0.603. The van der Waals surface area contributed by atoms with Crippen molar-refractivity contribution in [1.82, 2.24) is 0 Å². The fourth-order valence-electron chi connectivity index (χ4n) is 5.03. The Morgan fingerprint density at radius 2 is 0.737 bits per heavy atom. The second-order valence-electron chi connectivity index (χ2n) is 14.6. The Balaban J connectivity index is 4.13. The second kappa shape index (κ2) is 20.5. The molecule has 3 nitrogen and oxygen atoms in total. The van der Waals surface area contributed by atoms with Gasteiger partial charge in [-0.2, -0.15) is 0 Å². The summed E-state index contributed by atoms with van der Waals surface area (Å²) in [6.07, 6.45) is 21.1. The van der Waals surface area contributed by atoms with E-state index in [2.05, 4.69) is 65.8 Å². The van der Waals surface area contributed by atoms with Crippen LogP contribution in [0.5, 0.6) is 0 Å². The smallest absolute Gasteiger partial charge is 0.417 e. The van der Waals surface area contributed by atoms with Crippen LogP contribution in [0.2, 0.25) is 65.0 Å². The van der Waals surface area contributed by atoms with E-state index in [1.54, 1.807) is 0 Å². The number of unbranched alkanes of at least 4 members (excludes halogenated alkanes) is 14. The topological polar surface area (TPSA) is 27.7 Å². The Morgan fingerprint density at radius 1 is 0.447 bits per heavy atom. The summed E-state index contributed by atoms with van der Waals surface area (Å²) >= 11 is 0. The van der Waals surface area contributed by atoms with E-state index in [9.17, 15) is 4.39 Å². The van der Waals surface area contributed by atoms with Gasteiger partial charge in [0.25, 0.3) is 0 Å². The van der Waals surface area contributed by atoms with Gasteiger partial charge in [-0.25, -0.2) is 4.39 Å². The minimum Gasteiger partial charge on any atom is -0.417 e. The largest absolute Gasteiger partial charge is 0.469 e. The van der Waals surface area contributed by atoms with Crippen molar-refractivity contribution in [2.24, 2.45) is 0 Å². The molecule has 0 aliphatic rings. The zero-order valence-corrected chi connectivity index (χ0v) is 31.6. The lowest BCUT2D eigenvalue weighted by molar-refractivity contribution is 0.249. The highest BCUT2D eigenvalue weighted by molar-refractivity contribution is 6.90. The van der Waals surface area contributed by atoms with Gasteiger partial charge in [-0.15, -0.1) is 0 Å². The van der Waals surface area contributed by atoms with Crippen LogP contribution in [0.15, 0.2) is 0 Å². The third kappa shape index (κ3) is 25.6. The Labute approximate surface area is 243 Å². The van der Waals surface area contributed by atoms with Crippen LogP contribution in [0, 0.1) is 0 Å². The lowest BCUT2D eigenvalue weighted by Gasteiger charge is -2.43. The molecule has 0 aromatic rings. The summed E-state index contributed by atoms with van der Waals surface area (Å²) in [4.78, 5) is 0. The van der Waals surface area contributed by atoms with Crippen molar-refractivity contribution in [3.63, 3.8) is 0 Å². The SMILES string of the molecule is CCCCCCCCCCCCCC(F)CCCCCCC[Si](O[Si](C)(C)C)(O[Si](C)(C)C)O[Si](C)(C)C. The second-order valence-corrected chi connectivity index (χ2v) is 31.5. The zero-order chi connectivity index (χ0) is 29.1. The standard InChI is InChI=1S/C30H69FO3Si4/c1-11-12-13-14-15-16-17-18-19-21-24-27-30(31)28-25-22-20-23-26-29-38(32-35(2,3)4,33-36(5,6)7)34-37(8,9)10/h30H,11-29H2,1-10H3. The molecule has 0 aliphatic heterocycles. The fourth-order valence-corrected chi connectivity index (χ4v) is 19.8. The van der Waals surface area contributed by atoms with E-state index in [4.69, 9.17) is 12.3 Å². The van der Waals surface area contributed by atoms with Crippen LogP contribution >= 0.6 is 0 Å². The van der Waals surface area contributed by atoms with E-state index >= 15 is 0 Å². The van der Waals surface area contributed by atoms with Crippen molar-refractivity contribution < 1.29 is 16.7 Å². The first-order chi connectivity index (χ1) is 17.6. The van der Waals surface area contributed by atoms with E-state index in [0.29, 0.717) is 0 Å².